The van der Waals surface area contributed by atoms with Crippen molar-refractivity contribution in [3.63, 3.8) is 0 Å². The fourth-order valence-corrected chi connectivity index (χ4v) is 2.14. The van der Waals surface area contributed by atoms with Crippen molar-refractivity contribution >= 4 is 23.3 Å². The molecule has 2 aromatic rings. The summed E-state index contributed by atoms with van der Waals surface area (Å²) >= 11 is 0. The quantitative estimate of drug-likeness (QED) is 0.876. The molecule has 0 bridgehead atoms. The Hall–Kier alpha value is -2.63. The molecule has 0 aliphatic carbocycles. The molecular weight excluding hydrogens is 258 g/mol. The van der Waals surface area contributed by atoms with Gasteiger partial charge < -0.3 is 15.2 Å². The lowest BCUT2D eigenvalue weighted by atomic mass is 10.00. The largest absolute Gasteiger partial charge is 0.360 e. The molecule has 6 nitrogen and oxygen atoms in total. The molecule has 3 rings (SSSR count). The molecule has 1 aromatic heterocycles. The molecule has 1 aromatic carbocycles. The molecule has 2 heterocycles. The van der Waals surface area contributed by atoms with Crippen molar-refractivity contribution in [2.45, 2.75) is 19.8 Å². The van der Waals surface area contributed by atoms with Gasteiger partial charge in [-0.15, -0.1) is 0 Å². The van der Waals surface area contributed by atoms with E-state index in [1.807, 2.05) is 0 Å². The van der Waals surface area contributed by atoms with Gasteiger partial charge in [0.1, 0.15) is 5.76 Å². The minimum Gasteiger partial charge on any atom is -0.360 e. The van der Waals surface area contributed by atoms with Gasteiger partial charge in [0.25, 0.3) is 5.91 Å². The SMILES string of the molecule is Cc1cc(NC(=O)c2ccc3c(c2)CCC(=O)N3)no1. The van der Waals surface area contributed by atoms with Crippen LogP contribution in [0.2, 0.25) is 0 Å². The first-order valence-corrected chi connectivity index (χ1v) is 6.29. The van der Waals surface area contributed by atoms with E-state index in [1.54, 1.807) is 31.2 Å². The maximum absolute atomic E-state index is 12.1. The molecule has 1 aliphatic rings. The highest BCUT2D eigenvalue weighted by Crippen LogP contribution is 2.24. The zero-order chi connectivity index (χ0) is 14.1. The number of hydrogen-bond donors (Lipinski definition) is 2. The number of nitrogens with zero attached hydrogens (tertiary/aromatic N) is 1. The molecule has 1 aliphatic heterocycles. The second-order valence-corrected chi connectivity index (χ2v) is 4.70. The molecule has 0 saturated carbocycles. The molecule has 0 saturated heterocycles. The Morgan fingerprint density at radius 3 is 2.95 bits per heavy atom. The zero-order valence-electron chi connectivity index (χ0n) is 10.9. The van der Waals surface area contributed by atoms with Crippen LogP contribution < -0.4 is 10.6 Å². The number of fused-ring (bicyclic) bond motifs is 1. The number of hydrogen-bond acceptors (Lipinski definition) is 4. The Morgan fingerprint density at radius 2 is 2.20 bits per heavy atom. The van der Waals surface area contributed by atoms with E-state index >= 15 is 0 Å². The minimum absolute atomic E-state index is 0.00720. The predicted molar refractivity (Wildman–Crippen MR) is 72.6 cm³/mol. The van der Waals surface area contributed by atoms with Gasteiger partial charge in [0.05, 0.1) is 0 Å². The number of amides is 2. The molecule has 2 N–H and O–H groups in total. The smallest absolute Gasteiger partial charge is 0.256 e. The number of benzene rings is 1. The highest BCUT2D eigenvalue weighted by atomic mass is 16.5. The summed E-state index contributed by atoms with van der Waals surface area (Å²) in [7, 11) is 0. The van der Waals surface area contributed by atoms with E-state index in [-0.39, 0.29) is 11.8 Å². The standard InChI is InChI=1S/C14H13N3O3/c1-8-6-12(17-20-8)16-14(19)10-2-4-11-9(7-10)3-5-13(18)15-11/h2,4,6-7H,3,5H2,1H3,(H,15,18)(H,16,17,19). The number of carbonyl (C=O) groups excluding carboxylic acids is 2. The summed E-state index contributed by atoms with van der Waals surface area (Å²) in [5, 5.41) is 9.16. The summed E-state index contributed by atoms with van der Waals surface area (Å²) in [6.07, 6.45) is 1.09. The van der Waals surface area contributed by atoms with Gasteiger partial charge >= 0.3 is 0 Å². The zero-order valence-corrected chi connectivity index (χ0v) is 10.9. The number of aryl methyl sites for hydroxylation is 2. The first kappa shape index (κ1) is 12.4. The van der Waals surface area contributed by atoms with Crippen LogP contribution in [0.3, 0.4) is 0 Å². The van der Waals surface area contributed by atoms with E-state index in [0.29, 0.717) is 30.0 Å². The van der Waals surface area contributed by atoms with Crippen LogP contribution in [0.15, 0.2) is 28.8 Å². The van der Waals surface area contributed by atoms with Crippen LogP contribution in [-0.4, -0.2) is 17.0 Å². The number of anilines is 2. The van der Waals surface area contributed by atoms with Crippen LogP contribution in [0.25, 0.3) is 0 Å². The van der Waals surface area contributed by atoms with Gasteiger partial charge in [0.2, 0.25) is 5.91 Å². The molecule has 20 heavy (non-hydrogen) atoms. The lowest BCUT2D eigenvalue weighted by Gasteiger charge is -2.17. The van der Waals surface area contributed by atoms with Gasteiger partial charge in [-0.3, -0.25) is 9.59 Å². The van der Waals surface area contributed by atoms with E-state index in [9.17, 15) is 9.59 Å². The van der Waals surface area contributed by atoms with Crippen LogP contribution in [-0.2, 0) is 11.2 Å². The predicted octanol–water partition coefficient (Wildman–Crippen LogP) is 2.12. The Morgan fingerprint density at radius 1 is 1.35 bits per heavy atom. The van der Waals surface area contributed by atoms with E-state index < -0.39 is 0 Å². The maximum atomic E-state index is 12.1. The van der Waals surface area contributed by atoms with Crippen LogP contribution in [0.5, 0.6) is 0 Å². The van der Waals surface area contributed by atoms with Crippen molar-refractivity contribution in [3.05, 3.63) is 41.2 Å². The number of aromatic nitrogens is 1. The van der Waals surface area contributed by atoms with Gasteiger partial charge in [-0.2, -0.15) is 0 Å². The summed E-state index contributed by atoms with van der Waals surface area (Å²) in [4.78, 5) is 23.4. The fourth-order valence-electron chi connectivity index (χ4n) is 2.14. The summed E-state index contributed by atoms with van der Waals surface area (Å²) in [6.45, 7) is 1.75. The average Bonchev–Trinajstić information content (AvgIpc) is 2.83. The highest BCUT2D eigenvalue weighted by molar-refractivity contribution is 6.04. The summed E-state index contributed by atoms with van der Waals surface area (Å²) < 4.78 is 4.89. The lowest BCUT2D eigenvalue weighted by Crippen LogP contribution is -2.20. The molecule has 0 atom stereocenters. The van der Waals surface area contributed by atoms with Crippen LogP contribution in [0.4, 0.5) is 11.5 Å². The number of carbonyl (C=O) groups is 2. The van der Waals surface area contributed by atoms with Crippen LogP contribution in [0, 0.1) is 6.92 Å². The van der Waals surface area contributed by atoms with E-state index in [4.69, 9.17) is 4.52 Å². The van der Waals surface area contributed by atoms with Crippen molar-refractivity contribution in [2.24, 2.45) is 0 Å². The third kappa shape index (κ3) is 2.40. The average molecular weight is 271 g/mol. The topological polar surface area (TPSA) is 84.2 Å². The van der Waals surface area contributed by atoms with Gasteiger partial charge in [-0.1, -0.05) is 5.16 Å². The third-order valence-corrected chi connectivity index (χ3v) is 3.13. The monoisotopic (exact) mass is 271 g/mol. The summed E-state index contributed by atoms with van der Waals surface area (Å²) in [5.74, 6) is 0.776. The normalized spacial score (nSPS) is 13.6. The summed E-state index contributed by atoms with van der Waals surface area (Å²) in [5.41, 5.74) is 2.27. The number of nitrogens with one attached hydrogen (secondary N) is 2. The number of rotatable bonds is 2. The first-order valence-electron chi connectivity index (χ1n) is 6.29. The van der Waals surface area contributed by atoms with Crippen LogP contribution in [0.1, 0.15) is 28.1 Å². The molecule has 0 unspecified atom stereocenters. The second-order valence-electron chi connectivity index (χ2n) is 4.70. The maximum Gasteiger partial charge on any atom is 0.256 e. The van der Waals surface area contributed by atoms with Gasteiger partial charge in [-0.25, -0.2) is 0 Å². The summed E-state index contributed by atoms with van der Waals surface area (Å²) in [6, 6.07) is 6.86. The van der Waals surface area contributed by atoms with E-state index in [0.717, 1.165) is 11.3 Å². The van der Waals surface area contributed by atoms with Crippen molar-refractivity contribution in [1.82, 2.24) is 5.16 Å². The first-order chi connectivity index (χ1) is 9.61. The van der Waals surface area contributed by atoms with Crippen molar-refractivity contribution in [1.29, 1.82) is 0 Å². The molecule has 6 heteroatoms. The molecule has 0 fully saturated rings. The second kappa shape index (κ2) is 4.80. The lowest BCUT2D eigenvalue weighted by molar-refractivity contribution is -0.116. The van der Waals surface area contributed by atoms with E-state index in [2.05, 4.69) is 15.8 Å². The molecule has 102 valence electrons. The van der Waals surface area contributed by atoms with Crippen molar-refractivity contribution < 1.29 is 14.1 Å². The third-order valence-electron chi connectivity index (χ3n) is 3.13. The van der Waals surface area contributed by atoms with E-state index in [1.165, 1.54) is 0 Å². The molecule has 0 radical (unpaired) electrons. The van der Waals surface area contributed by atoms with Gasteiger partial charge in [0.15, 0.2) is 5.82 Å². The Labute approximate surface area is 115 Å². The molecular formula is C14H13N3O3. The van der Waals surface area contributed by atoms with Crippen LogP contribution >= 0.6 is 0 Å². The Balaban J connectivity index is 1.80. The Bertz CT molecular complexity index is 691. The molecule has 0 spiro atoms. The van der Waals surface area contributed by atoms with Gasteiger partial charge in [-0.05, 0) is 37.1 Å². The fraction of sp³-hybridized carbons (Fsp3) is 0.214. The minimum atomic E-state index is -0.252. The highest BCUT2D eigenvalue weighted by Gasteiger charge is 2.17. The van der Waals surface area contributed by atoms with Crippen molar-refractivity contribution in [2.75, 3.05) is 10.6 Å². The molecule has 2 amide bonds. The van der Waals surface area contributed by atoms with Gasteiger partial charge in [0, 0.05) is 23.7 Å². The Kier molecular flexibility index (Phi) is 2.98. The van der Waals surface area contributed by atoms with Crippen molar-refractivity contribution in [3.8, 4) is 0 Å².